The summed E-state index contributed by atoms with van der Waals surface area (Å²) in [5, 5.41) is 0. The van der Waals surface area contributed by atoms with Crippen LogP contribution in [0, 0.1) is 13.8 Å². The van der Waals surface area contributed by atoms with Gasteiger partial charge >= 0.3 is 0 Å². The molecule has 0 saturated heterocycles. The van der Waals surface area contributed by atoms with Crippen molar-refractivity contribution in [2.75, 3.05) is 0 Å². The van der Waals surface area contributed by atoms with E-state index in [0.29, 0.717) is 0 Å². The van der Waals surface area contributed by atoms with Gasteiger partial charge in [-0.2, -0.15) is 8.42 Å². The highest BCUT2D eigenvalue weighted by molar-refractivity contribution is 7.86. The van der Waals surface area contributed by atoms with Crippen LogP contribution in [0.2, 0.25) is 0 Å². The Morgan fingerprint density at radius 3 is 2.26 bits per heavy atom. The first-order valence-electron chi connectivity index (χ1n) is 5.99. The van der Waals surface area contributed by atoms with Crippen LogP contribution in [-0.2, 0) is 20.9 Å². The normalized spacial score (nSPS) is 11.5. The zero-order valence-electron chi connectivity index (χ0n) is 11.0. The zero-order chi connectivity index (χ0) is 13.9. The molecule has 0 saturated carbocycles. The Hall–Kier alpha value is -1.65. The fourth-order valence-electron chi connectivity index (χ4n) is 1.72. The molecule has 0 atom stereocenters. The van der Waals surface area contributed by atoms with E-state index < -0.39 is 10.1 Å². The molecule has 0 aromatic heterocycles. The average molecular weight is 276 g/mol. The first-order chi connectivity index (χ1) is 8.97. The van der Waals surface area contributed by atoms with E-state index in [1.165, 1.54) is 0 Å². The smallest absolute Gasteiger partial charge is 0.262 e. The molecular formula is C15H16O3S. The lowest BCUT2D eigenvalue weighted by Gasteiger charge is -2.06. The first-order valence-corrected chi connectivity index (χ1v) is 7.40. The average Bonchev–Trinajstić information content (AvgIpc) is 2.37. The van der Waals surface area contributed by atoms with Gasteiger partial charge in [-0.05, 0) is 31.5 Å². The SMILES string of the molecule is Cc1ccc(S(=O)(=O)OCc2cccc(C)c2)cc1. The fourth-order valence-corrected chi connectivity index (χ4v) is 2.62. The monoisotopic (exact) mass is 276 g/mol. The minimum atomic E-state index is -3.69. The molecule has 0 spiro atoms. The Morgan fingerprint density at radius 1 is 0.947 bits per heavy atom. The van der Waals surface area contributed by atoms with Crippen LogP contribution in [0.25, 0.3) is 0 Å². The summed E-state index contributed by atoms with van der Waals surface area (Å²) < 4.78 is 29.0. The van der Waals surface area contributed by atoms with Gasteiger partial charge in [0.1, 0.15) is 0 Å². The van der Waals surface area contributed by atoms with E-state index in [-0.39, 0.29) is 11.5 Å². The number of aryl methyl sites for hydroxylation is 2. The number of rotatable bonds is 4. The molecule has 0 aliphatic carbocycles. The van der Waals surface area contributed by atoms with Crippen molar-refractivity contribution in [3.8, 4) is 0 Å². The van der Waals surface area contributed by atoms with Gasteiger partial charge in [0.25, 0.3) is 10.1 Å². The number of hydrogen-bond donors (Lipinski definition) is 0. The third kappa shape index (κ3) is 3.66. The van der Waals surface area contributed by atoms with Gasteiger partial charge in [-0.15, -0.1) is 0 Å². The maximum atomic E-state index is 12.0. The fraction of sp³-hybridized carbons (Fsp3) is 0.200. The molecule has 2 aromatic carbocycles. The summed E-state index contributed by atoms with van der Waals surface area (Å²) in [4.78, 5) is 0.186. The van der Waals surface area contributed by atoms with E-state index in [9.17, 15) is 8.42 Å². The Balaban J connectivity index is 2.12. The van der Waals surface area contributed by atoms with E-state index in [2.05, 4.69) is 0 Å². The van der Waals surface area contributed by atoms with E-state index in [4.69, 9.17) is 4.18 Å². The molecule has 0 amide bonds. The largest absolute Gasteiger partial charge is 0.297 e. The molecule has 0 N–H and O–H groups in total. The van der Waals surface area contributed by atoms with Crippen molar-refractivity contribution in [2.45, 2.75) is 25.3 Å². The van der Waals surface area contributed by atoms with Gasteiger partial charge in [-0.25, -0.2) is 0 Å². The maximum absolute atomic E-state index is 12.0. The minimum Gasteiger partial charge on any atom is -0.262 e. The molecule has 19 heavy (non-hydrogen) atoms. The van der Waals surface area contributed by atoms with E-state index in [1.807, 2.05) is 38.1 Å². The summed E-state index contributed by atoms with van der Waals surface area (Å²) >= 11 is 0. The van der Waals surface area contributed by atoms with Gasteiger partial charge in [-0.1, -0.05) is 47.5 Å². The molecule has 0 unspecified atom stereocenters. The molecule has 0 aliphatic heterocycles. The summed E-state index contributed by atoms with van der Waals surface area (Å²) in [5.41, 5.74) is 2.93. The molecule has 0 aliphatic rings. The quantitative estimate of drug-likeness (QED) is 0.805. The van der Waals surface area contributed by atoms with Crippen molar-refractivity contribution < 1.29 is 12.6 Å². The molecule has 0 fully saturated rings. The number of benzene rings is 2. The zero-order valence-corrected chi connectivity index (χ0v) is 11.8. The molecule has 0 bridgehead atoms. The lowest BCUT2D eigenvalue weighted by molar-refractivity contribution is 0.308. The molecule has 3 nitrogen and oxygen atoms in total. The van der Waals surface area contributed by atoms with Gasteiger partial charge in [0.05, 0.1) is 11.5 Å². The molecule has 2 aromatic rings. The van der Waals surface area contributed by atoms with Crippen LogP contribution < -0.4 is 0 Å². The summed E-state index contributed by atoms with van der Waals surface area (Å²) in [6.07, 6.45) is 0. The van der Waals surface area contributed by atoms with Crippen molar-refractivity contribution in [1.29, 1.82) is 0 Å². The summed E-state index contributed by atoms with van der Waals surface area (Å²) in [7, 11) is -3.69. The molecule has 100 valence electrons. The van der Waals surface area contributed by atoms with Crippen LogP contribution in [0.1, 0.15) is 16.7 Å². The summed E-state index contributed by atoms with van der Waals surface area (Å²) in [5.74, 6) is 0. The maximum Gasteiger partial charge on any atom is 0.297 e. The Labute approximate surface area is 114 Å². The summed E-state index contributed by atoms with van der Waals surface area (Å²) in [6.45, 7) is 3.92. The second-order valence-corrected chi connectivity index (χ2v) is 6.13. The third-order valence-corrected chi connectivity index (χ3v) is 4.05. The molecular weight excluding hydrogens is 260 g/mol. The predicted molar refractivity (Wildman–Crippen MR) is 74.3 cm³/mol. The Kier molecular flexibility index (Phi) is 4.02. The highest BCUT2D eigenvalue weighted by atomic mass is 32.2. The van der Waals surface area contributed by atoms with Gasteiger partial charge in [-0.3, -0.25) is 4.18 Å². The van der Waals surface area contributed by atoms with Crippen molar-refractivity contribution in [3.05, 3.63) is 65.2 Å². The van der Waals surface area contributed by atoms with Crippen molar-refractivity contribution in [1.82, 2.24) is 0 Å². The van der Waals surface area contributed by atoms with Crippen LogP contribution in [0.3, 0.4) is 0 Å². The second kappa shape index (κ2) is 5.55. The van der Waals surface area contributed by atoms with Gasteiger partial charge in [0.2, 0.25) is 0 Å². The molecule has 0 radical (unpaired) electrons. The third-order valence-electron chi connectivity index (χ3n) is 2.77. The lowest BCUT2D eigenvalue weighted by Crippen LogP contribution is -2.06. The number of hydrogen-bond acceptors (Lipinski definition) is 3. The van der Waals surface area contributed by atoms with Crippen molar-refractivity contribution in [3.63, 3.8) is 0 Å². The van der Waals surface area contributed by atoms with Crippen LogP contribution >= 0.6 is 0 Å². The van der Waals surface area contributed by atoms with Gasteiger partial charge < -0.3 is 0 Å². The first kappa shape index (κ1) is 13.8. The standard InChI is InChI=1S/C15H16O3S/c1-12-6-8-15(9-7-12)19(16,17)18-11-14-5-3-4-13(2)10-14/h3-10H,11H2,1-2H3. The highest BCUT2D eigenvalue weighted by Gasteiger charge is 2.14. The van der Waals surface area contributed by atoms with E-state index in [1.54, 1.807) is 24.3 Å². The Bertz CT molecular complexity index is 658. The predicted octanol–water partition coefficient (Wildman–Crippen LogP) is 3.21. The van der Waals surface area contributed by atoms with Crippen molar-refractivity contribution >= 4 is 10.1 Å². The highest BCUT2D eigenvalue weighted by Crippen LogP contribution is 2.15. The van der Waals surface area contributed by atoms with E-state index in [0.717, 1.165) is 16.7 Å². The van der Waals surface area contributed by atoms with Gasteiger partial charge in [0, 0.05) is 0 Å². The van der Waals surface area contributed by atoms with Crippen molar-refractivity contribution in [2.24, 2.45) is 0 Å². The lowest BCUT2D eigenvalue weighted by atomic mass is 10.1. The molecule has 4 heteroatoms. The minimum absolute atomic E-state index is 0.0535. The Morgan fingerprint density at radius 2 is 1.63 bits per heavy atom. The van der Waals surface area contributed by atoms with Crippen LogP contribution in [0.4, 0.5) is 0 Å². The van der Waals surface area contributed by atoms with Crippen LogP contribution in [-0.4, -0.2) is 8.42 Å². The van der Waals surface area contributed by atoms with E-state index >= 15 is 0 Å². The van der Waals surface area contributed by atoms with Gasteiger partial charge in [0.15, 0.2) is 0 Å². The molecule has 2 rings (SSSR count). The van der Waals surface area contributed by atoms with Crippen LogP contribution in [0.15, 0.2) is 53.4 Å². The second-order valence-electron chi connectivity index (χ2n) is 4.52. The summed E-state index contributed by atoms with van der Waals surface area (Å²) in [6, 6.07) is 14.2. The molecule has 0 heterocycles. The topological polar surface area (TPSA) is 43.4 Å². The van der Waals surface area contributed by atoms with Crippen LogP contribution in [0.5, 0.6) is 0 Å².